The molecule has 0 bridgehead atoms. The molecule has 0 radical (unpaired) electrons. The molecule has 0 amide bonds. The van der Waals surface area contributed by atoms with Gasteiger partial charge in [-0.15, -0.1) is 0 Å². The van der Waals surface area contributed by atoms with E-state index in [1.165, 1.54) is 22.3 Å². The van der Waals surface area contributed by atoms with Gasteiger partial charge in [-0.05, 0) is 89.6 Å². The van der Waals surface area contributed by atoms with Gasteiger partial charge in [0, 0.05) is 0 Å². The molecule has 1 unspecified atom stereocenters. The maximum Gasteiger partial charge on any atom is 0.335 e. The molecule has 166 valence electrons. The van der Waals surface area contributed by atoms with E-state index in [0.29, 0.717) is 5.56 Å². The van der Waals surface area contributed by atoms with Crippen LogP contribution in [-0.4, -0.2) is 25.3 Å². The number of carbonyl (C=O) groups is 1. The third kappa shape index (κ3) is 4.36. The second-order valence-electron chi connectivity index (χ2n) is 8.88. The molecule has 1 aliphatic rings. The molecule has 4 heteroatoms. The summed E-state index contributed by atoms with van der Waals surface area (Å²) in [6, 6.07) is 20.1. The summed E-state index contributed by atoms with van der Waals surface area (Å²) in [6.07, 6.45) is 5.01. The topological polar surface area (TPSA) is 55.8 Å². The van der Waals surface area contributed by atoms with E-state index in [2.05, 4.69) is 37.3 Å². The molecule has 32 heavy (non-hydrogen) atoms. The molecule has 4 rings (SSSR count). The Balaban J connectivity index is 1.57. The molecular weight excluding hydrogens is 400 g/mol. The van der Waals surface area contributed by atoms with Crippen molar-refractivity contribution in [3.63, 3.8) is 0 Å². The van der Waals surface area contributed by atoms with Crippen molar-refractivity contribution in [2.24, 2.45) is 0 Å². The first-order valence-corrected chi connectivity index (χ1v) is 11.1. The van der Waals surface area contributed by atoms with Crippen LogP contribution in [0, 0.1) is 0 Å². The van der Waals surface area contributed by atoms with E-state index in [9.17, 15) is 4.79 Å². The second kappa shape index (κ2) is 9.07. The zero-order valence-corrected chi connectivity index (χ0v) is 19.0. The second-order valence-corrected chi connectivity index (χ2v) is 8.88. The number of hydrogen-bond acceptors (Lipinski definition) is 3. The molecule has 0 heterocycles. The number of aromatic carboxylic acids is 1. The van der Waals surface area contributed by atoms with Gasteiger partial charge in [0.25, 0.3) is 0 Å². The quantitative estimate of drug-likeness (QED) is 0.503. The number of rotatable bonds is 8. The summed E-state index contributed by atoms with van der Waals surface area (Å²) in [4.78, 5) is 11.1. The number of ether oxygens (including phenoxy) is 2. The van der Waals surface area contributed by atoms with Crippen LogP contribution in [0.1, 0.15) is 51.5 Å². The molecule has 0 saturated carbocycles. The van der Waals surface area contributed by atoms with Gasteiger partial charge >= 0.3 is 5.97 Å². The van der Waals surface area contributed by atoms with Gasteiger partial charge in [0.15, 0.2) is 11.5 Å². The summed E-state index contributed by atoms with van der Waals surface area (Å²) >= 11 is 0. The Morgan fingerprint density at radius 1 is 0.938 bits per heavy atom. The zero-order chi connectivity index (χ0) is 22.7. The number of carboxylic acids is 1. The van der Waals surface area contributed by atoms with Gasteiger partial charge < -0.3 is 14.6 Å². The molecule has 0 aromatic heterocycles. The number of carboxylic acid groups (broad SMARTS) is 1. The van der Waals surface area contributed by atoms with E-state index >= 15 is 0 Å². The Morgan fingerprint density at radius 2 is 1.66 bits per heavy atom. The molecule has 0 saturated heterocycles. The Morgan fingerprint density at radius 3 is 2.34 bits per heavy atom. The highest BCUT2D eigenvalue weighted by atomic mass is 16.5. The van der Waals surface area contributed by atoms with Crippen molar-refractivity contribution >= 4 is 5.97 Å². The highest BCUT2D eigenvalue weighted by Gasteiger charge is 2.36. The number of hydrogen-bond donors (Lipinski definition) is 1. The summed E-state index contributed by atoms with van der Waals surface area (Å²) in [6.45, 7) is 2.38. The molecule has 0 fully saturated rings. The zero-order valence-electron chi connectivity index (χ0n) is 19.0. The highest BCUT2D eigenvalue weighted by molar-refractivity contribution is 5.87. The van der Waals surface area contributed by atoms with E-state index in [0.717, 1.165) is 49.2 Å². The number of fused-ring (bicyclic) bond motifs is 1. The van der Waals surface area contributed by atoms with Crippen molar-refractivity contribution in [3.8, 4) is 11.5 Å². The Bertz CT molecular complexity index is 1120. The Labute approximate surface area is 189 Å². The molecule has 0 aliphatic heterocycles. The molecule has 3 aromatic carbocycles. The standard InChI is InChI=1S/C28H30O4/c1-28(18-20-10-14-24(31-2)25(17-20)32-3)16-15-22-6-4-5-21(26(22)28)11-7-19-8-12-23(13-9-19)27(29)30/h4-6,8-10,12-14,17H,7,11,15-16,18H2,1-3H3,(H,29,30). The molecular formula is C28H30O4. The largest absolute Gasteiger partial charge is 0.493 e. The highest BCUT2D eigenvalue weighted by Crippen LogP contribution is 2.44. The molecule has 3 aromatic rings. The average Bonchev–Trinajstić information content (AvgIpc) is 3.14. The molecule has 0 spiro atoms. The number of methoxy groups -OCH3 is 2. The van der Waals surface area contributed by atoms with E-state index in [4.69, 9.17) is 14.6 Å². The monoisotopic (exact) mass is 430 g/mol. The number of benzene rings is 3. The first-order valence-electron chi connectivity index (χ1n) is 11.1. The van der Waals surface area contributed by atoms with E-state index in [1.807, 2.05) is 18.2 Å². The minimum Gasteiger partial charge on any atom is -0.493 e. The lowest BCUT2D eigenvalue weighted by molar-refractivity contribution is 0.0697. The van der Waals surface area contributed by atoms with Crippen LogP contribution in [0.2, 0.25) is 0 Å². The Hall–Kier alpha value is -3.27. The van der Waals surface area contributed by atoms with Gasteiger partial charge in [-0.2, -0.15) is 0 Å². The fraction of sp³-hybridized carbons (Fsp3) is 0.321. The first kappa shape index (κ1) is 21.9. The van der Waals surface area contributed by atoms with E-state index < -0.39 is 5.97 Å². The van der Waals surface area contributed by atoms with Gasteiger partial charge in [0.05, 0.1) is 19.8 Å². The fourth-order valence-electron chi connectivity index (χ4n) is 5.09. The van der Waals surface area contributed by atoms with Crippen LogP contribution in [-0.2, 0) is 31.1 Å². The summed E-state index contributed by atoms with van der Waals surface area (Å²) < 4.78 is 10.9. The lowest BCUT2D eigenvalue weighted by Gasteiger charge is -2.28. The van der Waals surface area contributed by atoms with Gasteiger partial charge in [-0.25, -0.2) is 4.79 Å². The van der Waals surface area contributed by atoms with Crippen molar-refractivity contribution in [2.45, 2.75) is 44.4 Å². The summed E-state index contributed by atoms with van der Waals surface area (Å²) in [5.74, 6) is 0.635. The lowest BCUT2D eigenvalue weighted by atomic mass is 9.76. The first-order chi connectivity index (χ1) is 15.4. The molecule has 1 aliphatic carbocycles. The van der Waals surface area contributed by atoms with Crippen LogP contribution in [0.3, 0.4) is 0 Å². The van der Waals surface area contributed by atoms with Crippen LogP contribution in [0.5, 0.6) is 11.5 Å². The smallest absolute Gasteiger partial charge is 0.335 e. The summed E-state index contributed by atoms with van der Waals surface area (Å²) in [5.41, 5.74) is 7.13. The third-order valence-corrected chi connectivity index (χ3v) is 6.71. The SMILES string of the molecule is COc1ccc(CC2(C)CCc3cccc(CCc4ccc(C(=O)O)cc4)c32)cc1OC. The molecule has 1 N–H and O–H groups in total. The van der Waals surface area contributed by atoms with Crippen molar-refractivity contribution in [1.29, 1.82) is 0 Å². The average molecular weight is 431 g/mol. The number of aryl methyl sites for hydroxylation is 3. The van der Waals surface area contributed by atoms with Crippen LogP contribution in [0.15, 0.2) is 60.7 Å². The van der Waals surface area contributed by atoms with Crippen LogP contribution in [0.25, 0.3) is 0 Å². The summed E-state index contributed by atoms with van der Waals surface area (Å²) in [7, 11) is 3.34. The third-order valence-electron chi connectivity index (χ3n) is 6.71. The molecule has 1 atom stereocenters. The molecule has 4 nitrogen and oxygen atoms in total. The van der Waals surface area contributed by atoms with E-state index in [-0.39, 0.29) is 5.41 Å². The van der Waals surface area contributed by atoms with Gasteiger partial charge in [-0.3, -0.25) is 0 Å². The van der Waals surface area contributed by atoms with Crippen LogP contribution < -0.4 is 9.47 Å². The van der Waals surface area contributed by atoms with Gasteiger partial charge in [0.1, 0.15) is 0 Å². The summed E-state index contributed by atoms with van der Waals surface area (Å²) in [5, 5.41) is 9.12. The predicted molar refractivity (Wildman–Crippen MR) is 126 cm³/mol. The minimum absolute atomic E-state index is 0.0681. The minimum atomic E-state index is -0.886. The van der Waals surface area contributed by atoms with Crippen molar-refractivity contribution in [1.82, 2.24) is 0 Å². The predicted octanol–water partition coefficient (Wildman–Crippen LogP) is 5.63. The Kier molecular flexibility index (Phi) is 6.22. The van der Waals surface area contributed by atoms with E-state index in [1.54, 1.807) is 26.4 Å². The normalized spacial score (nSPS) is 17.1. The van der Waals surface area contributed by atoms with Crippen molar-refractivity contribution < 1.29 is 19.4 Å². The van der Waals surface area contributed by atoms with Gasteiger partial charge in [0.2, 0.25) is 0 Å². The fourth-order valence-corrected chi connectivity index (χ4v) is 5.09. The maximum absolute atomic E-state index is 11.1. The van der Waals surface area contributed by atoms with Crippen molar-refractivity contribution in [2.75, 3.05) is 14.2 Å². The van der Waals surface area contributed by atoms with Crippen LogP contribution in [0.4, 0.5) is 0 Å². The van der Waals surface area contributed by atoms with Crippen molar-refractivity contribution in [3.05, 3.63) is 94.0 Å². The van der Waals surface area contributed by atoms with Gasteiger partial charge in [-0.1, -0.05) is 43.3 Å². The van der Waals surface area contributed by atoms with Crippen LogP contribution >= 0.6 is 0 Å². The lowest BCUT2D eigenvalue weighted by Crippen LogP contribution is -2.23. The maximum atomic E-state index is 11.1.